The van der Waals surface area contributed by atoms with Gasteiger partial charge in [-0.2, -0.15) is 13.2 Å². The number of alkyl halides is 3. The first-order chi connectivity index (χ1) is 13.9. The van der Waals surface area contributed by atoms with Crippen molar-refractivity contribution in [2.45, 2.75) is 45.4 Å². The summed E-state index contributed by atoms with van der Waals surface area (Å²) in [4.78, 5) is 1.99. The minimum atomic E-state index is -4.70. The second-order valence-corrected chi connectivity index (χ2v) is 10.7. The molecule has 9 heteroatoms. The maximum Gasteiger partial charge on any atom is 0.418 e. The van der Waals surface area contributed by atoms with E-state index in [9.17, 15) is 26.7 Å². The molecule has 0 saturated carbocycles. The molecule has 168 valence electrons. The molecule has 5 nitrogen and oxygen atoms in total. The summed E-state index contributed by atoms with van der Waals surface area (Å²) in [5, 5.41) is 9.40. The van der Waals surface area contributed by atoms with Gasteiger partial charge >= 0.3 is 6.18 Å². The van der Waals surface area contributed by atoms with Gasteiger partial charge in [-0.25, -0.2) is 12.7 Å². The van der Waals surface area contributed by atoms with E-state index in [-0.39, 0.29) is 22.6 Å². The lowest BCUT2D eigenvalue weighted by atomic mass is 9.76. The summed E-state index contributed by atoms with van der Waals surface area (Å²) in [5.41, 5.74) is 1.22. The van der Waals surface area contributed by atoms with Crippen molar-refractivity contribution in [1.29, 1.82) is 0 Å². The van der Waals surface area contributed by atoms with Gasteiger partial charge in [-0.05, 0) is 42.9 Å². The molecule has 2 aliphatic heterocycles. The fraction of sp³-hybridized carbons (Fsp3) is 0.619. The van der Waals surface area contributed by atoms with Crippen molar-refractivity contribution in [3.8, 4) is 0 Å². The topological polar surface area (TPSA) is 60.9 Å². The quantitative estimate of drug-likeness (QED) is 0.741. The number of nitrogens with zero attached hydrogens (tertiary/aromatic N) is 2. The Morgan fingerprint density at radius 3 is 2.13 bits per heavy atom. The highest BCUT2D eigenvalue weighted by molar-refractivity contribution is 7.89. The van der Waals surface area contributed by atoms with Crippen molar-refractivity contribution in [2.75, 3.05) is 30.3 Å². The maximum atomic E-state index is 12.7. The number of allylic oxidation sites excluding steroid dienone is 1. The molecule has 1 aromatic rings. The Bertz CT molecular complexity index is 874. The second kappa shape index (κ2) is 8.16. The molecule has 2 heterocycles. The predicted molar refractivity (Wildman–Crippen MR) is 110 cm³/mol. The van der Waals surface area contributed by atoms with Gasteiger partial charge in [-0.3, -0.25) is 0 Å². The Balaban J connectivity index is 1.68. The maximum absolute atomic E-state index is 12.7. The first-order valence-electron chi connectivity index (χ1n) is 10.2. The van der Waals surface area contributed by atoms with Crippen molar-refractivity contribution in [1.82, 2.24) is 4.31 Å². The monoisotopic (exact) mass is 446 g/mol. The van der Waals surface area contributed by atoms with Gasteiger partial charge in [0.2, 0.25) is 10.0 Å². The predicted octanol–water partition coefficient (Wildman–Crippen LogP) is 4.07. The summed E-state index contributed by atoms with van der Waals surface area (Å²) in [7, 11) is -3.26. The summed E-state index contributed by atoms with van der Waals surface area (Å²) in [6.45, 7) is 9.62. The van der Waals surface area contributed by atoms with Gasteiger partial charge in [0.1, 0.15) is 0 Å². The van der Waals surface area contributed by atoms with Crippen LogP contribution < -0.4 is 4.90 Å². The van der Waals surface area contributed by atoms with Gasteiger partial charge in [0.15, 0.2) is 6.10 Å². The van der Waals surface area contributed by atoms with Crippen LogP contribution in [0.1, 0.15) is 44.8 Å². The Hall–Kier alpha value is -1.58. The molecule has 0 amide bonds. The van der Waals surface area contributed by atoms with Crippen LogP contribution in [0.2, 0.25) is 0 Å². The number of sulfonamides is 1. The second-order valence-electron chi connectivity index (χ2n) is 8.74. The fourth-order valence-electron chi connectivity index (χ4n) is 4.46. The molecule has 1 unspecified atom stereocenters. The Labute approximate surface area is 176 Å². The minimum Gasteiger partial charge on any atom is -0.379 e. The number of benzene rings is 1. The van der Waals surface area contributed by atoms with E-state index in [1.807, 2.05) is 18.7 Å². The number of hydrogen-bond donors (Lipinski definition) is 1. The zero-order valence-electron chi connectivity index (χ0n) is 17.3. The summed E-state index contributed by atoms with van der Waals surface area (Å²) in [6, 6.07) is 5.70. The molecule has 2 fully saturated rings. The molecule has 0 radical (unpaired) electrons. The summed E-state index contributed by atoms with van der Waals surface area (Å²) in [5.74, 6) is 0.213. The van der Waals surface area contributed by atoms with Gasteiger partial charge in [0, 0.05) is 36.4 Å². The molecule has 3 rings (SSSR count). The molecular weight excluding hydrogens is 417 g/mol. The lowest BCUT2D eigenvalue weighted by Gasteiger charge is -2.40. The van der Waals surface area contributed by atoms with Crippen LogP contribution in [0.25, 0.3) is 0 Å². The molecular formula is C21H29F3N2O3S. The summed E-state index contributed by atoms with van der Waals surface area (Å²) >= 11 is 0. The van der Waals surface area contributed by atoms with Crippen LogP contribution >= 0.6 is 0 Å². The van der Waals surface area contributed by atoms with E-state index >= 15 is 0 Å². The van der Waals surface area contributed by atoms with Crippen molar-refractivity contribution in [2.24, 2.45) is 11.3 Å². The van der Waals surface area contributed by atoms with Crippen LogP contribution in [0.4, 0.5) is 18.9 Å². The van der Waals surface area contributed by atoms with Crippen LogP contribution in [0.15, 0.2) is 36.5 Å². The van der Waals surface area contributed by atoms with Crippen molar-refractivity contribution in [3.05, 3.63) is 42.1 Å². The molecule has 2 saturated heterocycles. The average Bonchev–Trinajstić information content (AvgIpc) is 2.96. The van der Waals surface area contributed by atoms with Gasteiger partial charge in [0.05, 0.1) is 5.75 Å². The lowest BCUT2D eigenvalue weighted by Crippen LogP contribution is -2.44. The van der Waals surface area contributed by atoms with E-state index in [2.05, 4.69) is 6.58 Å². The van der Waals surface area contributed by atoms with Crippen LogP contribution in [0, 0.1) is 11.3 Å². The minimum absolute atomic E-state index is 0.0710. The lowest BCUT2D eigenvalue weighted by molar-refractivity contribution is -0.206. The first-order valence-corrected chi connectivity index (χ1v) is 11.8. The Kier molecular flexibility index (Phi) is 6.28. The number of piperidine rings is 1. The van der Waals surface area contributed by atoms with Gasteiger partial charge < -0.3 is 10.0 Å². The molecule has 1 spiro atoms. The number of hydrogen-bond acceptors (Lipinski definition) is 4. The highest BCUT2D eigenvalue weighted by atomic mass is 32.2. The Morgan fingerprint density at radius 2 is 1.63 bits per heavy atom. The van der Waals surface area contributed by atoms with Crippen molar-refractivity contribution >= 4 is 15.7 Å². The van der Waals surface area contributed by atoms with E-state index in [4.69, 9.17) is 0 Å². The number of aliphatic hydroxyl groups is 1. The summed E-state index contributed by atoms with van der Waals surface area (Å²) in [6.07, 6.45) is -5.00. The molecule has 0 bridgehead atoms. The van der Waals surface area contributed by atoms with Crippen molar-refractivity contribution < 1.29 is 26.7 Å². The molecule has 1 aromatic carbocycles. The largest absolute Gasteiger partial charge is 0.418 e. The van der Waals surface area contributed by atoms with Crippen LogP contribution in [0.3, 0.4) is 0 Å². The molecule has 2 aliphatic rings. The molecule has 0 aliphatic carbocycles. The summed E-state index contributed by atoms with van der Waals surface area (Å²) < 4.78 is 64.7. The normalized spacial score (nSPS) is 21.6. The highest BCUT2D eigenvalue weighted by Gasteiger charge is 2.46. The third-order valence-corrected chi connectivity index (χ3v) is 8.44. The third-order valence-electron chi connectivity index (χ3n) is 6.20. The van der Waals surface area contributed by atoms with Gasteiger partial charge in [-0.15, -0.1) is 0 Å². The van der Waals surface area contributed by atoms with E-state index in [1.54, 1.807) is 16.4 Å². The van der Waals surface area contributed by atoms with E-state index in [0.717, 1.165) is 17.8 Å². The van der Waals surface area contributed by atoms with E-state index in [0.29, 0.717) is 32.5 Å². The Morgan fingerprint density at radius 1 is 1.10 bits per heavy atom. The zero-order chi connectivity index (χ0) is 22.3. The fourth-order valence-corrected chi connectivity index (χ4v) is 6.25. The van der Waals surface area contributed by atoms with Crippen LogP contribution in [-0.4, -0.2) is 49.4 Å². The first kappa shape index (κ1) is 23.1. The number of halogens is 3. The zero-order valence-corrected chi connectivity index (χ0v) is 18.1. The standard InChI is InChI=1S/C21H29F3N2O3S/c1-15(2)14-30(28,29)25-11-8-20(9-12-25)10-13-26(16(20)3)18-6-4-17(5-7-18)19(27)21(22,23)24/h4-7,15,19,27H,3,8-14H2,1-2H3. The number of aliphatic hydroxyl groups excluding tert-OH is 1. The van der Waals surface area contributed by atoms with E-state index in [1.165, 1.54) is 12.1 Å². The SMILES string of the molecule is C=C1N(c2ccc(C(O)C(F)(F)F)cc2)CCC12CCN(S(=O)(=O)CC(C)C)CC2. The molecule has 30 heavy (non-hydrogen) atoms. The number of anilines is 1. The highest BCUT2D eigenvalue weighted by Crippen LogP contribution is 2.49. The number of rotatable bonds is 5. The molecule has 1 N–H and O–H groups in total. The smallest absolute Gasteiger partial charge is 0.379 e. The molecule has 0 aromatic heterocycles. The molecule has 1 atom stereocenters. The van der Waals surface area contributed by atoms with Crippen molar-refractivity contribution in [3.63, 3.8) is 0 Å². The van der Waals surface area contributed by atoms with Gasteiger partial charge in [0.25, 0.3) is 0 Å². The van der Waals surface area contributed by atoms with Gasteiger partial charge in [-0.1, -0.05) is 32.6 Å². The van der Waals surface area contributed by atoms with E-state index < -0.39 is 22.3 Å². The van der Waals surface area contributed by atoms with Crippen LogP contribution in [-0.2, 0) is 10.0 Å². The van der Waals surface area contributed by atoms with Crippen LogP contribution in [0.5, 0.6) is 0 Å². The average molecular weight is 447 g/mol. The third kappa shape index (κ3) is 4.53.